The Kier molecular flexibility index (Phi) is 7.51. The number of hydrogen-bond donors (Lipinski definition) is 2. The summed E-state index contributed by atoms with van der Waals surface area (Å²) in [6, 6.07) is 9.99. The monoisotopic (exact) mass is 470 g/mol. The molecule has 1 amide bonds. The van der Waals surface area contributed by atoms with Crippen LogP contribution in [-0.4, -0.2) is 39.2 Å². The van der Waals surface area contributed by atoms with Crippen molar-refractivity contribution in [3.63, 3.8) is 0 Å². The van der Waals surface area contributed by atoms with Crippen LogP contribution in [0.25, 0.3) is 0 Å². The fourth-order valence-corrected chi connectivity index (χ4v) is 4.76. The van der Waals surface area contributed by atoms with Crippen LogP contribution in [0.4, 0.5) is 0 Å². The molecule has 0 saturated heterocycles. The second kappa shape index (κ2) is 9.91. The van der Waals surface area contributed by atoms with Gasteiger partial charge in [0.1, 0.15) is 6.04 Å². The molecule has 2 aromatic carbocycles. The third-order valence-corrected chi connectivity index (χ3v) is 6.99. The van der Waals surface area contributed by atoms with Crippen molar-refractivity contribution in [3.8, 4) is 11.5 Å². The van der Waals surface area contributed by atoms with Crippen molar-refractivity contribution in [1.29, 1.82) is 0 Å². The molecule has 162 valence electrons. The van der Waals surface area contributed by atoms with Gasteiger partial charge in [-0.25, -0.2) is 8.42 Å². The quantitative estimate of drug-likeness (QED) is 0.583. The van der Waals surface area contributed by atoms with Gasteiger partial charge in [-0.3, -0.25) is 4.79 Å². The third-order valence-electron chi connectivity index (χ3n) is 4.60. The van der Waals surface area contributed by atoms with E-state index in [1.54, 1.807) is 6.07 Å². The molecule has 0 radical (unpaired) electrons. The number of nitrogens with one attached hydrogen (secondary N) is 2. The van der Waals surface area contributed by atoms with Crippen molar-refractivity contribution in [2.75, 3.05) is 18.8 Å². The van der Waals surface area contributed by atoms with E-state index in [9.17, 15) is 13.2 Å². The number of fused-ring (bicyclic) bond motifs is 1. The second-order valence-electron chi connectivity index (χ2n) is 6.75. The van der Waals surface area contributed by atoms with E-state index in [-0.39, 0.29) is 17.7 Å². The zero-order chi connectivity index (χ0) is 21.7. The highest BCUT2D eigenvalue weighted by Crippen LogP contribution is 2.34. The number of carbonyl (C=O) groups is 1. The van der Waals surface area contributed by atoms with E-state index in [1.165, 1.54) is 36.0 Å². The fourth-order valence-electron chi connectivity index (χ4n) is 2.93. The lowest BCUT2D eigenvalue weighted by atomic mass is 10.1. The van der Waals surface area contributed by atoms with Crippen LogP contribution in [0.1, 0.15) is 24.9 Å². The summed E-state index contributed by atoms with van der Waals surface area (Å²) in [6.07, 6.45) is 2.26. The number of ether oxygens (including phenoxy) is 2. The molecule has 2 N–H and O–H groups in total. The summed E-state index contributed by atoms with van der Waals surface area (Å²) >= 11 is 7.38. The Morgan fingerprint density at radius 1 is 1.17 bits per heavy atom. The number of carbonyl (C=O) groups excluding carboxylic acids is 1. The molecule has 1 aliphatic rings. The molecule has 0 unspecified atom stereocenters. The van der Waals surface area contributed by atoms with Gasteiger partial charge >= 0.3 is 0 Å². The van der Waals surface area contributed by atoms with Gasteiger partial charge in [-0.2, -0.15) is 16.5 Å². The van der Waals surface area contributed by atoms with Crippen molar-refractivity contribution in [2.45, 2.75) is 30.3 Å². The molecule has 0 spiro atoms. The van der Waals surface area contributed by atoms with Gasteiger partial charge in [0.25, 0.3) is 0 Å². The summed E-state index contributed by atoms with van der Waals surface area (Å²) in [7, 11) is -3.88. The molecule has 2 atom stereocenters. The Bertz CT molecular complexity index is 999. The molecule has 0 aromatic heterocycles. The van der Waals surface area contributed by atoms with E-state index >= 15 is 0 Å². The van der Waals surface area contributed by atoms with Crippen molar-refractivity contribution in [3.05, 3.63) is 53.1 Å². The van der Waals surface area contributed by atoms with Crippen LogP contribution in [0.15, 0.2) is 47.4 Å². The second-order valence-corrected chi connectivity index (χ2v) is 9.89. The smallest absolute Gasteiger partial charge is 0.241 e. The zero-order valence-corrected chi connectivity index (χ0v) is 18.9. The number of amides is 1. The molecule has 0 aliphatic carbocycles. The van der Waals surface area contributed by atoms with Crippen molar-refractivity contribution in [2.24, 2.45) is 0 Å². The maximum atomic E-state index is 12.9. The number of benzene rings is 2. The van der Waals surface area contributed by atoms with Crippen molar-refractivity contribution < 1.29 is 22.7 Å². The first-order valence-corrected chi connectivity index (χ1v) is 12.5. The third kappa shape index (κ3) is 5.60. The van der Waals surface area contributed by atoms with Crippen LogP contribution in [0.5, 0.6) is 11.5 Å². The SMILES string of the molecule is CSCC[C@@H](NS(=O)(=O)c1ccc(Cl)cc1)C(=O)N[C@@H](C)c1ccc2c(c1)OCO2. The molecular formula is C20H23ClN2O5S2. The normalized spacial score (nSPS) is 14.9. The van der Waals surface area contributed by atoms with E-state index in [4.69, 9.17) is 21.1 Å². The number of thioether (sulfide) groups is 1. The molecule has 2 aromatic rings. The maximum absolute atomic E-state index is 12.9. The summed E-state index contributed by atoms with van der Waals surface area (Å²) in [5.41, 5.74) is 0.830. The minimum Gasteiger partial charge on any atom is -0.454 e. The summed E-state index contributed by atoms with van der Waals surface area (Å²) in [5.74, 6) is 1.51. The predicted molar refractivity (Wildman–Crippen MR) is 118 cm³/mol. The van der Waals surface area contributed by atoms with Crippen LogP contribution in [0, 0.1) is 0 Å². The van der Waals surface area contributed by atoms with Gasteiger partial charge in [-0.1, -0.05) is 17.7 Å². The van der Waals surface area contributed by atoms with Crippen LogP contribution in [0.2, 0.25) is 5.02 Å². The predicted octanol–water partition coefficient (Wildman–Crippen LogP) is 3.35. The molecule has 30 heavy (non-hydrogen) atoms. The van der Waals surface area contributed by atoms with Crippen molar-refractivity contribution >= 4 is 39.3 Å². The Morgan fingerprint density at radius 2 is 1.87 bits per heavy atom. The van der Waals surface area contributed by atoms with Gasteiger partial charge in [0.05, 0.1) is 10.9 Å². The molecule has 1 aliphatic heterocycles. The van der Waals surface area contributed by atoms with E-state index in [1.807, 2.05) is 25.3 Å². The standard InChI is InChI=1S/C20H23ClN2O5S2/c1-13(14-3-8-18-19(11-14)28-12-27-18)22-20(24)17(9-10-29-2)23-30(25,26)16-6-4-15(21)5-7-16/h3-8,11,13,17,23H,9-10,12H2,1-2H3,(H,22,24)/t13-,17+/m0/s1. The highest BCUT2D eigenvalue weighted by atomic mass is 35.5. The summed E-state index contributed by atoms with van der Waals surface area (Å²) in [6.45, 7) is 2.00. The summed E-state index contributed by atoms with van der Waals surface area (Å²) in [4.78, 5) is 13.0. The molecule has 7 nitrogen and oxygen atoms in total. The molecule has 0 fully saturated rings. The van der Waals surface area contributed by atoms with Gasteiger partial charge < -0.3 is 14.8 Å². The number of rotatable bonds is 9. The van der Waals surface area contributed by atoms with E-state index in [2.05, 4.69) is 10.0 Å². The molecule has 10 heteroatoms. The lowest BCUT2D eigenvalue weighted by Crippen LogP contribution is -2.47. The van der Waals surface area contributed by atoms with Crippen molar-refractivity contribution in [1.82, 2.24) is 10.0 Å². The van der Waals surface area contributed by atoms with Gasteiger partial charge in [0.2, 0.25) is 22.7 Å². The number of sulfonamides is 1. The fraction of sp³-hybridized carbons (Fsp3) is 0.350. The van der Waals surface area contributed by atoms with E-state index in [0.717, 1.165) is 5.56 Å². The lowest BCUT2D eigenvalue weighted by molar-refractivity contribution is -0.123. The minimum absolute atomic E-state index is 0.0534. The van der Waals surface area contributed by atoms with Crippen LogP contribution in [0.3, 0.4) is 0 Å². The van der Waals surface area contributed by atoms with Crippen LogP contribution < -0.4 is 19.5 Å². The Morgan fingerprint density at radius 3 is 2.57 bits per heavy atom. The summed E-state index contributed by atoms with van der Waals surface area (Å²) < 4.78 is 38.7. The molecule has 0 saturated carbocycles. The molecule has 1 heterocycles. The zero-order valence-electron chi connectivity index (χ0n) is 16.6. The van der Waals surface area contributed by atoms with Gasteiger partial charge in [0, 0.05) is 5.02 Å². The van der Waals surface area contributed by atoms with E-state index in [0.29, 0.717) is 28.7 Å². The van der Waals surface area contributed by atoms with Gasteiger partial charge in [-0.15, -0.1) is 0 Å². The maximum Gasteiger partial charge on any atom is 0.241 e. The van der Waals surface area contributed by atoms with Gasteiger partial charge in [0.15, 0.2) is 11.5 Å². The Hall–Kier alpha value is -1.94. The first kappa shape index (κ1) is 22.7. The summed E-state index contributed by atoms with van der Waals surface area (Å²) in [5, 5.41) is 3.32. The Balaban J connectivity index is 1.72. The lowest BCUT2D eigenvalue weighted by Gasteiger charge is -2.21. The average Bonchev–Trinajstić information content (AvgIpc) is 3.19. The minimum atomic E-state index is -3.88. The molecule has 3 rings (SSSR count). The first-order valence-electron chi connectivity index (χ1n) is 9.27. The van der Waals surface area contributed by atoms with Crippen LogP contribution in [-0.2, 0) is 14.8 Å². The first-order chi connectivity index (χ1) is 14.3. The van der Waals surface area contributed by atoms with E-state index < -0.39 is 22.0 Å². The highest BCUT2D eigenvalue weighted by molar-refractivity contribution is 7.98. The van der Waals surface area contributed by atoms with Gasteiger partial charge in [-0.05, 0) is 67.3 Å². The molecule has 0 bridgehead atoms. The van der Waals surface area contributed by atoms with Crippen LogP contribution >= 0.6 is 23.4 Å². The highest BCUT2D eigenvalue weighted by Gasteiger charge is 2.27. The number of halogens is 1. The largest absolute Gasteiger partial charge is 0.454 e. The Labute approximate surface area is 185 Å². The molecular weight excluding hydrogens is 448 g/mol. The number of hydrogen-bond acceptors (Lipinski definition) is 6. The average molecular weight is 471 g/mol. The topological polar surface area (TPSA) is 93.7 Å².